The Morgan fingerprint density at radius 3 is 2.50 bits per heavy atom. The minimum absolute atomic E-state index is 0.00571. The van der Waals surface area contributed by atoms with Gasteiger partial charge in [-0.3, -0.25) is 14.5 Å². The number of hydrogen-bond donors (Lipinski definition) is 1. The first-order chi connectivity index (χ1) is 14.4. The average molecular weight is 524 g/mol. The topological polar surface area (TPSA) is 49.4 Å². The summed E-state index contributed by atoms with van der Waals surface area (Å²) >= 11 is 16.0. The lowest BCUT2D eigenvalue weighted by molar-refractivity contribution is -0.122. The highest BCUT2D eigenvalue weighted by Crippen LogP contribution is 2.33. The van der Waals surface area contributed by atoms with Gasteiger partial charge >= 0.3 is 0 Å². The summed E-state index contributed by atoms with van der Waals surface area (Å²) in [5.74, 6) is -0.0678. The first kappa shape index (κ1) is 23.0. The van der Waals surface area contributed by atoms with Gasteiger partial charge in [0.15, 0.2) is 0 Å². The van der Waals surface area contributed by atoms with Gasteiger partial charge in [-0.15, -0.1) is 0 Å². The maximum atomic E-state index is 12.6. The minimum atomic E-state index is -0.0621. The van der Waals surface area contributed by atoms with Crippen LogP contribution in [0.25, 0.3) is 6.08 Å². The summed E-state index contributed by atoms with van der Waals surface area (Å²) in [7, 11) is 0. The number of thioether (sulfide) groups is 1. The lowest BCUT2D eigenvalue weighted by atomic mass is 10.1. The zero-order valence-electron chi connectivity index (χ0n) is 16.1. The number of halogens is 2. The molecule has 1 N–H and O–H groups in total. The van der Waals surface area contributed by atoms with Crippen molar-refractivity contribution in [2.75, 3.05) is 11.9 Å². The quantitative estimate of drug-likeness (QED) is 0.244. The van der Waals surface area contributed by atoms with Crippen LogP contribution in [0.2, 0.25) is 5.02 Å². The van der Waals surface area contributed by atoms with Crippen LogP contribution < -0.4 is 5.32 Å². The third-order valence-electron chi connectivity index (χ3n) is 4.45. The van der Waals surface area contributed by atoms with Gasteiger partial charge in [-0.25, -0.2) is 0 Å². The summed E-state index contributed by atoms with van der Waals surface area (Å²) in [5.41, 5.74) is 1.70. The van der Waals surface area contributed by atoms with E-state index in [1.807, 2.05) is 42.5 Å². The number of carbonyl (C=O) groups excluding carboxylic acids is 2. The molecule has 1 heterocycles. The fourth-order valence-electron chi connectivity index (χ4n) is 2.89. The Balaban J connectivity index is 1.40. The van der Waals surface area contributed by atoms with Crippen molar-refractivity contribution in [1.29, 1.82) is 0 Å². The zero-order valence-corrected chi connectivity index (χ0v) is 20.0. The Morgan fingerprint density at radius 2 is 1.80 bits per heavy atom. The fourth-order valence-corrected chi connectivity index (χ4v) is 4.59. The van der Waals surface area contributed by atoms with Gasteiger partial charge in [-0.2, -0.15) is 0 Å². The number of benzene rings is 2. The molecule has 2 aromatic carbocycles. The van der Waals surface area contributed by atoms with Crippen LogP contribution in [0.15, 0.2) is 57.9 Å². The molecular formula is C22H20BrClN2O2S2. The molecule has 0 bridgehead atoms. The predicted octanol–water partition coefficient (Wildman–Crippen LogP) is 6.50. The van der Waals surface area contributed by atoms with Gasteiger partial charge in [-0.05, 0) is 60.9 Å². The van der Waals surface area contributed by atoms with Crippen molar-refractivity contribution in [3.8, 4) is 0 Å². The lowest BCUT2D eigenvalue weighted by Gasteiger charge is -2.14. The fraction of sp³-hybridized carbons (Fsp3) is 0.227. The van der Waals surface area contributed by atoms with Gasteiger partial charge in [-0.1, -0.05) is 70.1 Å². The molecule has 0 aliphatic carbocycles. The Labute approximate surface area is 199 Å². The summed E-state index contributed by atoms with van der Waals surface area (Å²) < 4.78 is 1.55. The van der Waals surface area contributed by atoms with Crippen molar-refractivity contribution in [2.45, 2.75) is 25.7 Å². The number of rotatable bonds is 8. The second-order valence-corrected chi connectivity index (χ2v) is 9.78. The molecule has 156 valence electrons. The number of anilines is 1. The van der Waals surface area contributed by atoms with Crippen LogP contribution in [0.4, 0.5) is 5.69 Å². The van der Waals surface area contributed by atoms with Crippen molar-refractivity contribution in [3.05, 3.63) is 68.5 Å². The number of nitrogens with zero attached hydrogens (tertiary/aromatic N) is 1. The SMILES string of the molecule is O=C(CCCCCN1C(=O)/C(=C/c2ccc(Cl)cc2)SC1=S)Nc1ccc(Br)cc1. The second-order valence-electron chi connectivity index (χ2n) is 6.75. The van der Waals surface area contributed by atoms with Gasteiger partial charge < -0.3 is 5.32 Å². The molecule has 2 aromatic rings. The van der Waals surface area contributed by atoms with E-state index in [0.29, 0.717) is 27.2 Å². The van der Waals surface area contributed by atoms with Gasteiger partial charge in [0, 0.05) is 28.1 Å². The maximum absolute atomic E-state index is 12.6. The number of amides is 2. The van der Waals surface area contributed by atoms with E-state index in [1.165, 1.54) is 11.8 Å². The highest BCUT2D eigenvalue weighted by atomic mass is 79.9. The summed E-state index contributed by atoms with van der Waals surface area (Å²) in [6, 6.07) is 14.8. The van der Waals surface area contributed by atoms with E-state index in [0.717, 1.165) is 35.0 Å². The van der Waals surface area contributed by atoms with E-state index >= 15 is 0 Å². The monoisotopic (exact) mass is 522 g/mol. The highest BCUT2D eigenvalue weighted by molar-refractivity contribution is 9.10. The van der Waals surface area contributed by atoms with E-state index in [9.17, 15) is 9.59 Å². The molecule has 0 aromatic heterocycles. The number of unbranched alkanes of at least 4 members (excludes halogenated alkanes) is 2. The van der Waals surface area contributed by atoms with Crippen LogP contribution >= 0.6 is 51.5 Å². The molecule has 2 amide bonds. The molecular weight excluding hydrogens is 504 g/mol. The van der Waals surface area contributed by atoms with Gasteiger partial charge in [0.2, 0.25) is 5.91 Å². The molecule has 0 spiro atoms. The second kappa shape index (κ2) is 11.1. The first-order valence-electron chi connectivity index (χ1n) is 9.49. The summed E-state index contributed by atoms with van der Waals surface area (Å²) in [4.78, 5) is 26.9. The summed E-state index contributed by atoms with van der Waals surface area (Å²) in [6.07, 6.45) is 4.69. The summed E-state index contributed by atoms with van der Waals surface area (Å²) in [6.45, 7) is 0.566. The van der Waals surface area contributed by atoms with Crippen LogP contribution in [-0.2, 0) is 9.59 Å². The normalized spacial score (nSPS) is 15.1. The van der Waals surface area contributed by atoms with Crippen LogP contribution in [0, 0.1) is 0 Å². The predicted molar refractivity (Wildman–Crippen MR) is 133 cm³/mol. The van der Waals surface area contributed by atoms with Crippen molar-refractivity contribution in [3.63, 3.8) is 0 Å². The van der Waals surface area contributed by atoms with Gasteiger partial charge in [0.25, 0.3) is 5.91 Å². The van der Waals surface area contributed by atoms with Crippen molar-refractivity contribution < 1.29 is 9.59 Å². The molecule has 0 unspecified atom stereocenters. The Hall–Kier alpha value is -1.67. The van der Waals surface area contributed by atoms with Gasteiger partial charge in [0.05, 0.1) is 4.91 Å². The Morgan fingerprint density at radius 1 is 1.10 bits per heavy atom. The number of thiocarbonyl (C=S) groups is 1. The molecule has 0 radical (unpaired) electrons. The molecule has 1 fully saturated rings. The largest absolute Gasteiger partial charge is 0.326 e. The molecule has 30 heavy (non-hydrogen) atoms. The average Bonchev–Trinajstić information content (AvgIpc) is 2.98. The van der Waals surface area contributed by atoms with E-state index in [2.05, 4.69) is 21.2 Å². The lowest BCUT2D eigenvalue weighted by Crippen LogP contribution is -2.29. The van der Waals surface area contributed by atoms with E-state index in [4.69, 9.17) is 23.8 Å². The molecule has 8 heteroatoms. The summed E-state index contributed by atoms with van der Waals surface area (Å²) in [5, 5.41) is 3.54. The third-order valence-corrected chi connectivity index (χ3v) is 6.61. The Kier molecular flexibility index (Phi) is 8.50. The Bertz CT molecular complexity index is 962. The van der Waals surface area contributed by atoms with Crippen molar-refractivity contribution >= 4 is 79.4 Å². The van der Waals surface area contributed by atoms with Crippen molar-refractivity contribution in [2.24, 2.45) is 0 Å². The molecule has 3 rings (SSSR count). The minimum Gasteiger partial charge on any atom is -0.326 e. The van der Waals surface area contributed by atoms with Crippen LogP contribution in [0.3, 0.4) is 0 Å². The standard InChI is InChI=1S/C22H20BrClN2O2S2/c23-16-7-11-18(12-8-16)25-20(27)4-2-1-3-13-26-21(28)19(30-22(26)29)14-15-5-9-17(24)10-6-15/h5-12,14H,1-4,13H2,(H,25,27)/b19-14-. The van der Waals surface area contributed by atoms with Crippen LogP contribution in [0.5, 0.6) is 0 Å². The number of hydrogen-bond acceptors (Lipinski definition) is 4. The molecule has 1 aliphatic rings. The van der Waals surface area contributed by atoms with Crippen LogP contribution in [0.1, 0.15) is 31.2 Å². The molecule has 4 nitrogen and oxygen atoms in total. The molecule has 1 aliphatic heterocycles. The number of nitrogens with one attached hydrogen (secondary N) is 1. The maximum Gasteiger partial charge on any atom is 0.266 e. The van der Waals surface area contributed by atoms with Crippen LogP contribution in [-0.4, -0.2) is 27.6 Å². The highest BCUT2D eigenvalue weighted by Gasteiger charge is 2.31. The smallest absolute Gasteiger partial charge is 0.266 e. The molecule has 0 atom stereocenters. The van der Waals surface area contributed by atoms with Gasteiger partial charge in [0.1, 0.15) is 4.32 Å². The molecule has 1 saturated heterocycles. The number of carbonyl (C=O) groups is 2. The van der Waals surface area contributed by atoms with E-state index < -0.39 is 0 Å². The van der Waals surface area contributed by atoms with E-state index in [-0.39, 0.29) is 11.8 Å². The van der Waals surface area contributed by atoms with Crippen molar-refractivity contribution in [1.82, 2.24) is 4.90 Å². The third kappa shape index (κ3) is 6.67. The molecule has 0 saturated carbocycles. The zero-order chi connectivity index (χ0) is 21.5. The first-order valence-corrected chi connectivity index (χ1v) is 11.9. The van der Waals surface area contributed by atoms with E-state index in [1.54, 1.807) is 17.0 Å².